The zero-order valence-corrected chi connectivity index (χ0v) is 13.4. The lowest BCUT2D eigenvalue weighted by Gasteiger charge is -2.41. The molecule has 1 aromatic heterocycles. The van der Waals surface area contributed by atoms with Crippen molar-refractivity contribution >= 4 is 0 Å². The molecule has 0 spiro atoms. The molecule has 0 radical (unpaired) electrons. The molecule has 2 rings (SSSR count). The fraction of sp³-hybridized carbons (Fsp3) is 0.765. The SMILES string of the molecule is CC(C)CNCC1CCC(C)(C)CC1c1cncnc1. The van der Waals surface area contributed by atoms with Gasteiger partial charge in [-0.05, 0) is 61.1 Å². The molecule has 3 nitrogen and oxygen atoms in total. The molecule has 1 saturated carbocycles. The van der Waals surface area contributed by atoms with Gasteiger partial charge in [0.25, 0.3) is 0 Å². The van der Waals surface area contributed by atoms with Crippen molar-refractivity contribution in [2.45, 2.75) is 52.9 Å². The smallest absolute Gasteiger partial charge is 0.115 e. The Kier molecular flexibility index (Phi) is 5.14. The van der Waals surface area contributed by atoms with Crippen LogP contribution in [0, 0.1) is 17.3 Å². The van der Waals surface area contributed by atoms with Crippen LogP contribution in [0.25, 0.3) is 0 Å². The van der Waals surface area contributed by atoms with E-state index >= 15 is 0 Å². The van der Waals surface area contributed by atoms with Crippen LogP contribution in [-0.4, -0.2) is 23.1 Å². The summed E-state index contributed by atoms with van der Waals surface area (Å²) in [5.41, 5.74) is 1.76. The fourth-order valence-electron chi connectivity index (χ4n) is 3.34. The van der Waals surface area contributed by atoms with E-state index in [1.807, 2.05) is 12.4 Å². The highest BCUT2D eigenvalue weighted by Crippen LogP contribution is 2.46. The van der Waals surface area contributed by atoms with Gasteiger partial charge in [0.15, 0.2) is 0 Å². The van der Waals surface area contributed by atoms with Crippen molar-refractivity contribution in [3.8, 4) is 0 Å². The summed E-state index contributed by atoms with van der Waals surface area (Å²) in [7, 11) is 0. The van der Waals surface area contributed by atoms with Gasteiger partial charge in [-0.2, -0.15) is 0 Å². The van der Waals surface area contributed by atoms with Crippen LogP contribution in [0.1, 0.15) is 58.4 Å². The van der Waals surface area contributed by atoms with Crippen LogP contribution in [-0.2, 0) is 0 Å². The van der Waals surface area contributed by atoms with Crippen LogP contribution in [0.2, 0.25) is 0 Å². The lowest BCUT2D eigenvalue weighted by molar-refractivity contribution is 0.158. The molecule has 0 saturated heterocycles. The van der Waals surface area contributed by atoms with E-state index in [4.69, 9.17) is 0 Å². The maximum Gasteiger partial charge on any atom is 0.115 e. The number of nitrogens with zero attached hydrogens (tertiary/aromatic N) is 2. The molecule has 1 N–H and O–H groups in total. The average molecular weight is 275 g/mol. The normalized spacial score (nSPS) is 25.9. The van der Waals surface area contributed by atoms with Gasteiger partial charge in [0.2, 0.25) is 0 Å². The standard InChI is InChI=1S/C17H29N3/c1-13(2)8-18-9-14-5-6-17(3,4)7-16(14)15-10-19-12-20-11-15/h10-14,16,18H,5-9H2,1-4H3. The van der Waals surface area contributed by atoms with Gasteiger partial charge in [-0.25, -0.2) is 9.97 Å². The van der Waals surface area contributed by atoms with Crippen molar-refractivity contribution in [3.05, 3.63) is 24.3 Å². The summed E-state index contributed by atoms with van der Waals surface area (Å²) in [6.45, 7) is 11.5. The zero-order valence-electron chi connectivity index (χ0n) is 13.4. The Balaban J connectivity index is 2.05. The molecular formula is C17H29N3. The highest BCUT2D eigenvalue weighted by Gasteiger charge is 2.35. The molecule has 2 atom stereocenters. The molecule has 0 aromatic carbocycles. The third kappa shape index (κ3) is 4.27. The molecule has 1 aliphatic rings. The van der Waals surface area contributed by atoms with E-state index in [0.717, 1.165) is 13.1 Å². The molecule has 0 aliphatic heterocycles. The molecule has 112 valence electrons. The van der Waals surface area contributed by atoms with Crippen molar-refractivity contribution in [2.75, 3.05) is 13.1 Å². The molecule has 1 fully saturated rings. The summed E-state index contributed by atoms with van der Waals surface area (Å²) in [4.78, 5) is 8.44. The number of nitrogens with one attached hydrogen (secondary N) is 1. The summed E-state index contributed by atoms with van der Waals surface area (Å²) in [5.74, 6) is 2.03. The summed E-state index contributed by atoms with van der Waals surface area (Å²) in [6, 6.07) is 0. The first-order valence-electron chi connectivity index (χ1n) is 7.93. The zero-order chi connectivity index (χ0) is 14.6. The van der Waals surface area contributed by atoms with E-state index in [-0.39, 0.29) is 0 Å². The van der Waals surface area contributed by atoms with Crippen molar-refractivity contribution in [3.63, 3.8) is 0 Å². The number of hydrogen-bond donors (Lipinski definition) is 1. The van der Waals surface area contributed by atoms with Crippen LogP contribution in [0.5, 0.6) is 0 Å². The molecule has 1 heterocycles. The minimum Gasteiger partial charge on any atom is -0.316 e. The minimum absolute atomic E-state index is 0.440. The van der Waals surface area contributed by atoms with Gasteiger partial charge in [0.1, 0.15) is 6.33 Å². The van der Waals surface area contributed by atoms with Gasteiger partial charge < -0.3 is 5.32 Å². The topological polar surface area (TPSA) is 37.8 Å². The van der Waals surface area contributed by atoms with Crippen LogP contribution in [0.15, 0.2) is 18.7 Å². The van der Waals surface area contributed by atoms with E-state index < -0.39 is 0 Å². The quantitative estimate of drug-likeness (QED) is 0.891. The van der Waals surface area contributed by atoms with Crippen LogP contribution in [0.4, 0.5) is 0 Å². The number of hydrogen-bond acceptors (Lipinski definition) is 3. The second kappa shape index (κ2) is 6.66. The third-order valence-electron chi connectivity index (χ3n) is 4.50. The highest BCUT2D eigenvalue weighted by molar-refractivity contribution is 5.14. The predicted octanol–water partition coefficient (Wildman–Crippen LogP) is 3.63. The Labute approximate surface area is 123 Å². The Hall–Kier alpha value is -0.960. The van der Waals surface area contributed by atoms with Gasteiger partial charge in [-0.3, -0.25) is 0 Å². The average Bonchev–Trinajstić information content (AvgIpc) is 2.40. The largest absolute Gasteiger partial charge is 0.316 e. The maximum atomic E-state index is 4.22. The van der Waals surface area contributed by atoms with Gasteiger partial charge >= 0.3 is 0 Å². The lowest BCUT2D eigenvalue weighted by atomic mass is 9.65. The van der Waals surface area contributed by atoms with Gasteiger partial charge in [0.05, 0.1) is 0 Å². The molecule has 0 amide bonds. The van der Waals surface area contributed by atoms with Crippen molar-refractivity contribution < 1.29 is 0 Å². The molecular weight excluding hydrogens is 246 g/mol. The summed E-state index contributed by atoms with van der Waals surface area (Å²) < 4.78 is 0. The van der Waals surface area contributed by atoms with E-state index in [9.17, 15) is 0 Å². The second-order valence-electron chi connectivity index (χ2n) is 7.50. The molecule has 2 unspecified atom stereocenters. The number of aromatic nitrogens is 2. The summed E-state index contributed by atoms with van der Waals surface area (Å²) in [5, 5.41) is 3.64. The van der Waals surface area contributed by atoms with E-state index in [2.05, 4.69) is 43.0 Å². The molecule has 3 heteroatoms. The highest BCUT2D eigenvalue weighted by atomic mass is 14.9. The van der Waals surface area contributed by atoms with Crippen LogP contribution < -0.4 is 5.32 Å². The molecule has 1 aromatic rings. The van der Waals surface area contributed by atoms with Crippen molar-refractivity contribution in [2.24, 2.45) is 17.3 Å². The van der Waals surface area contributed by atoms with E-state index in [1.54, 1.807) is 6.33 Å². The number of rotatable bonds is 5. The summed E-state index contributed by atoms with van der Waals surface area (Å²) in [6.07, 6.45) is 9.52. The Morgan fingerprint density at radius 2 is 2.00 bits per heavy atom. The maximum absolute atomic E-state index is 4.22. The van der Waals surface area contributed by atoms with Gasteiger partial charge in [-0.1, -0.05) is 27.7 Å². The minimum atomic E-state index is 0.440. The van der Waals surface area contributed by atoms with E-state index in [1.165, 1.54) is 24.8 Å². The van der Waals surface area contributed by atoms with Crippen molar-refractivity contribution in [1.29, 1.82) is 0 Å². The summed E-state index contributed by atoms with van der Waals surface area (Å²) >= 11 is 0. The first-order chi connectivity index (χ1) is 9.48. The van der Waals surface area contributed by atoms with E-state index in [0.29, 0.717) is 23.2 Å². The first-order valence-corrected chi connectivity index (χ1v) is 7.93. The molecule has 0 bridgehead atoms. The fourth-order valence-corrected chi connectivity index (χ4v) is 3.34. The lowest BCUT2D eigenvalue weighted by Crippen LogP contribution is -2.36. The third-order valence-corrected chi connectivity index (χ3v) is 4.50. The van der Waals surface area contributed by atoms with Gasteiger partial charge in [0, 0.05) is 12.4 Å². The first kappa shape index (κ1) is 15.4. The van der Waals surface area contributed by atoms with Crippen LogP contribution in [0.3, 0.4) is 0 Å². The predicted molar refractivity (Wildman–Crippen MR) is 83.6 cm³/mol. The second-order valence-corrected chi connectivity index (χ2v) is 7.50. The molecule has 1 aliphatic carbocycles. The Morgan fingerprint density at radius 1 is 1.30 bits per heavy atom. The van der Waals surface area contributed by atoms with Gasteiger partial charge in [-0.15, -0.1) is 0 Å². The monoisotopic (exact) mass is 275 g/mol. The Bertz CT molecular complexity index is 400. The van der Waals surface area contributed by atoms with Crippen LogP contribution >= 0.6 is 0 Å². The molecule has 20 heavy (non-hydrogen) atoms. The Morgan fingerprint density at radius 3 is 2.65 bits per heavy atom. The van der Waals surface area contributed by atoms with Crippen molar-refractivity contribution in [1.82, 2.24) is 15.3 Å².